The first-order valence-electron chi connectivity index (χ1n) is 5.89. The van der Waals surface area contributed by atoms with Crippen molar-refractivity contribution in [2.75, 3.05) is 5.73 Å². The van der Waals surface area contributed by atoms with Crippen LogP contribution >= 0.6 is 0 Å². The van der Waals surface area contributed by atoms with Crippen molar-refractivity contribution >= 4 is 5.69 Å². The molecule has 0 aliphatic rings. The van der Waals surface area contributed by atoms with Crippen LogP contribution in [-0.4, -0.2) is 9.78 Å². The van der Waals surface area contributed by atoms with E-state index in [0.717, 1.165) is 24.4 Å². The van der Waals surface area contributed by atoms with E-state index in [1.54, 1.807) is 6.07 Å². The maximum Gasteiger partial charge on any atom is 0.419 e. The third-order valence-electron chi connectivity index (χ3n) is 2.76. The van der Waals surface area contributed by atoms with Gasteiger partial charge in [0.25, 0.3) is 0 Å². The molecule has 2 aromatic rings. The van der Waals surface area contributed by atoms with Gasteiger partial charge in [0, 0.05) is 18.4 Å². The number of anilines is 1. The van der Waals surface area contributed by atoms with Gasteiger partial charge in [-0.3, -0.25) is 4.68 Å². The van der Waals surface area contributed by atoms with Crippen LogP contribution in [0.4, 0.5) is 18.9 Å². The molecule has 0 fully saturated rings. The number of nitrogens with zero attached hydrogens (tertiary/aromatic N) is 2. The predicted octanol–water partition coefficient (Wildman–Crippen LogP) is 3.12. The number of aromatic nitrogens is 2. The van der Waals surface area contributed by atoms with Crippen LogP contribution in [0.3, 0.4) is 0 Å². The summed E-state index contributed by atoms with van der Waals surface area (Å²) in [6, 6.07) is 7.47. The summed E-state index contributed by atoms with van der Waals surface area (Å²) in [5, 5.41) is 3.70. The molecular weight excluding hydrogens is 255 g/mol. The van der Waals surface area contributed by atoms with E-state index in [2.05, 4.69) is 5.10 Å². The van der Waals surface area contributed by atoms with Crippen LogP contribution in [0.5, 0.6) is 0 Å². The van der Waals surface area contributed by atoms with E-state index in [1.165, 1.54) is 4.68 Å². The molecule has 6 heteroatoms. The van der Waals surface area contributed by atoms with E-state index in [9.17, 15) is 13.2 Å². The lowest BCUT2D eigenvalue weighted by Gasteiger charge is -2.04. The van der Waals surface area contributed by atoms with E-state index in [1.807, 2.05) is 18.2 Å². The smallest absolute Gasteiger partial charge is 0.399 e. The van der Waals surface area contributed by atoms with E-state index in [4.69, 9.17) is 5.73 Å². The Morgan fingerprint density at radius 3 is 2.68 bits per heavy atom. The van der Waals surface area contributed by atoms with E-state index in [-0.39, 0.29) is 0 Å². The molecule has 3 nitrogen and oxygen atoms in total. The normalized spacial score (nSPS) is 11.7. The lowest BCUT2D eigenvalue weighted by molar-refractivity contribution is -0.137. The van der Waals surface area contributed by atoms with Crippen molar-refractivity contribution in [1.29, 1.82) is 0 Å². The van der Waals surface area contributed by atoms with Crippen molar-refractivity contribution in [3.05, 3.63) is 47.8 Å². The molecule has 0 atom stereocenters. The fourth-order valence-electron chi connectivity index (χ4n) is 1.83. The molecule has 2 N–H and O–H groups in total. The summed E-state index contributed by atoms with van der Waals surface area (Å²) < 4.78 is 38.4. The second kappa shape index (κ2) is 5.34. The number of nitrogen functional groups attached to an aromatic ring is 1. The minimum absolute atomic E-state index is 0.449. The Hall–Kier alpha value is -1.98. The fraction of sp³-hybridized carbons (Fsp3) is 0.308. The highest BCUT2D eigenvalue weighted by molar-refractivity contribution is 5.40. The number of hydrogen-bond acceptors (Lipinski definition) is 2. The lowest BCUT2D eigenvalue weighted by Crippen LogP contribution is -2.04. The Morgan fingerprint density at radius 1 is 1.26 bits per heavy atom. The van der Waals surface area contributed by atoms with E-state index >= 15 is 0 Å². The summed E-state index contributed by atoms with van der Waals surface area (Å²) in [7, 11) is 0. The molecule has 0 radical (unpaired) electrons. The number of halogens is 3. The van der Waals surface area contributed by atoms with E-state index in [0.29, 0.717) is 18.7 Å². The zero-order chi connectivity index (χ0) is 13.9. The van der Waals surface area contributed by atoms with Gasteiger partial charge in [0.2, 0.25) is 0 Å². The van der Waals surface area contributed by atoms with Gasteiger partial charge in [-0.1, -0.05) is 12.1 Å². The van der Waals surface area contributed by atoms with Gasteiger partial charge in [-0.15, -0.1) is 0 Å². The van der Waals surface area contributed by atoms with Crippen LogP contribution in [0.1, 0.15) is 17.5 Å². The summed E-state index contributed by atoms with van der Waals surface area (Å²) in [4.78, 5) is 0. The average molecular weight is 269 g/mol. The monoisotopic (exact) mass is 269 g/mol. The van der Waals surface area contributed by atoms with Crippen LogP contribution in [0.2, 0.25) is 0 Å². The third-order valence-corrected chi connectivity index (χ3v) is 2.76. The minimum Gasteiger partial charge on any atom is -0.399 e. The number of aryl methyl sites for hydroxylation is 2. The minimum atomic E-state index is -4.33. The van der Waals surface area contributed by atoms with Gasteiger partial charge in [0.15, 0.2) is 0 Å². The van der Waals surface area contributed by atoms with Gasteiger partial charge >= 0.3 is 6.18 Å². The molecule has 0 unspecified atom stereocenters. The van der Waals surface area contributed by atoms with Crippen LogP contribution in [0, 0.1) is 0 Å². The first kappa shape index (κ1) is 13.5. The largest absolute Gasteiger partial charge is 0.419 e. The highest BCUT2D eigenvalue weighted by Crippen LogP contribution is 2.28. The lowest BCUT2D eigenvalue weighted by atomic mass is 10.1. The topological polar surface area (TPSA) is 43.8 Å². The van der Waals surface area contributed by atoms with Crippen molar-refractivity contribution in [1.82, 2.24) is 9.78 Å². The van der Waals surface area contributed by atoms with Crippen molar-refractivity contribution in [3.63, 3.8) is 0 Å². The molecule has 2 rings (SSSR count). The molecule has 0 aliphatic heterocycles. The number of benzene rings is 1. The first-order valence-corrected chi connectivity index (χ1v) is 5.89. The van der Waals surface area contributed by atoms with Crippen molar-refractivity contribution in [2.24, 2.45) is 0 Å². The summed E-state index contributed by atoms with van der Waals surface area (Å²) in [5.74, 6) is 0. The summed E-state index contributed by atoms with van der Waals surface area (Å²) in [6.07, 6.45) is -0.985. The molecular formula is C13H14F3N3. The quantitative estimate of drug-likeness (QED) is 0.867. The molecule has 1 aromatic heterocycles. The number of alkyl halides is 3. The van der Waals surface area contributed by atoms with Crippen LogP contribution in [0.25, 0.3) is 0 Å². The molecule has 102 valence electrons. The van der Waals surface area contributed by atoms with Gasteiger partial charge in [-0.25, -0.2) is 0 Å². The first-order chi connectivity index (χ1) is 8.95. The molecule has 0 aliphatic carbocycles. The average Bonchev–Trinajstić information content (AvgIpc) is 2.77. The SMILES string of the molecule is Nc1cccc(CCCn2cc(C(F)(F)F)cn2)c1. The van der Waals surface area contributed by atoms with Crippen molar-refractivity contribution in [3.8, 4) is 0 Å². The molecule has 0 bridgehead atoms. The summed E-state index contributed by atoms with van der Waals surface area (Å²) in [5.41, 5.74) is 6.70. The molecule has 0 saturated heterocycles. The maximum absolute atomic E-state index is 12.4. The fourth-order valence-corrected chi connectivity index (χ4v) is 1.83. The Balaban J connectivity index is 1.88. The van der Waals surface area contributed by atoms with Crippen LogP contribution in [0.15, 0.2) is 36.7 Å². The second-order valence-electron chi connectivity index (χ2n) is 4.34. The summed E-state index contributed by atoms with van der Waals surface area (Å²) in [6.45, 7) is 0.449. The summed E-state index contributed by atoms with van der Waals surface area (Å²) >= 11 is 0. The zero-order valence-electron chi connectivity index (χ0n) is 10.2. The second-order valence-corrected chi connectivity index (χ2v) is 4.34. The Kier molecular flexibility index (Phi) is 3.78. The Bertz CT molecular complexity index is 546. The van der Waals surface area contributed by atoms with Crippen molar-refractivity contribution in [2.45, 2.75) is 25.6 Å². The standard InChI is InChI=1S/C13H14F3N3/c14-13(15,16)11-8-18-19(9-11)6-2-4-10-3-1-5-12(17)7-10/h1,3,5,7-9H,2,4,6,17H2. The van der Waals surface area contributed by atoms with Gasteiger partial charge in [0.05, 0.1) is 11.8 Å². The highest BCUT2D eigenvalue weighted by Gasteiger charge is 2.32. The maximum atomic E-state index is 12.4. The Morgan fingerprint density at radius 2 is 2.05 bits per heavy atom. The van der Waals surface area contributed by atoms with Gasteiger partial charge in [-0.2, -0.15) is 18.3 Å². The van der Waals surface area contributed by atoms with Crippen LogP contribution < -0.4 is 5.73 Å². The molecule has 0 spiro atoms. The molecule has 19 heavy (non-hydrogen) atoms. The van der Waals surface area contributed by atoms with Gasteiger partial charge in [0.1, 0.15) is 0 Å². The van der Waals surface area contributed by atoms with Gasteiger partial charge in [-0.05, 0) is 30.5 Å². The predicted molar refractivity (Wildman–Crippen MR) is 66.4 cm³/mol. The molecule has 1 heterocycles. The number of nitrogens with two attached hydrogens (primary N) is 1. The molecule has 0 amide bonds. The number of hydrogen-bond donors (Lipinski definition) is 1. The van der Waals surface area contributed by atoms with Gasteiger partial charge < -0.3 is 5.73 Å². The number of rotatable bonds is 4. The van der Waals surface area contributed by atoms with Crippen molar-refractivity contribution < 1.29 is 13.2 Å². The zero-order valence-corrected chi connectivity index (χ0v) is 10.2. The van der Waals surface area contributed by atoms with Crippen LogP contribution in [-0.2, 0) is 19.1 Å². The Labute approximate surface area is 108 Å². The molecule has 0 saturated carbocycles. The molecule has 1 aromatic carbocycles. The highest BCUT2D eigenvalue weighted by atomic mass is 19.4. The third kappa shape index (κ3) is 3.74. The van der Waals surface area contributed by atoms with E-state index < -0.39 is 11.7 Å².